The van der Waals surface area contributed by atoms with Gasteiger partial charge in [-0.1, -0.05) is 17.6 Å². The molecule has 2 aromatic carbocycles. The first kappa shape index (κ1) is 16.6. The van der Waals surface area contributed by atoms with E-state index in [1.54, 1.807) is 11.5 Å². The Balaban J connectivity index is 1.55. The summed E-state index contributed by atoms with van der Waals surface area (Å²) in [5.74, 6) is 0.276. The van der Waals surface area contributed by atoms with E-state index in [0.29, 0.717) is 5.69 Å². The summed E-state index contributed by atoms with van der Waals surface area (Å²) in [6, 6.07) is 10.4. The number of nitrogen functional groups attached to an aromatic ring is 1. The number of hydrogen-bond acceptors (Lipinski definition) is 6. The predicted octanol–water partition coefficient (Wildman–Crippen LogP) is 3.05. The topological polar surface area (TPSA) is 118 Å². The number of fused-ring (bicyclic) bond motifs is 8. The van der Waals surface area contributed by atoms with Crippen LogP contribution >= 0.6 is 11.5 Å². The Morgan fingerprint density at radius 2 is 1.96 bits per heavy atom. The summed E-state index contributed by atoms with van der Waals surface area (Å²) in [4.78, 5) is 0. The van der Waals surface area contributed by atoms with Gasteiger partial charge in [0.1, 0.15) is 0 Å². The molecular formula is C21H22N4O2S. The highest BCUT2D eigenvalue weighted by Gasteiger charge is 2.61. The summed E-state index contributed by atoms with van der Waals surface area (Å²) < 4.78 is 4.47. The lowest BCUT2D eigenvalue weighted by Gasteiger charge is -2.46. The molecule has 28 heavy (non-hydrogen) atoms. The van der Waals surface area contributed by atoms with Crippen molar-refractivity contribution in [2.24, 2.45) is 17.8 Å². The van der Waals surface area contributed by atoms with Crippen LogP contribution in [0, 0.1) is 23.2 Å². The maximum absolute atomic E-state index is 10.7. The zero-order valence-corrected chi connectivity index (χ0v) is 15.9. The number of rotatable bonds is 2. The van der Waals surface area contributed by atoms with Crippen molar-refractivity contribution < 1.29 is 10.2 Å². The summed E-state index contributed by atoms with van der Waals surface area (Å²) in [6.45, 7) is 0. The monoisotopic (exact) mass is 394 g/mol. The SMILES string of the molecule is N=Cc1c(N)ccc2c1C1C(C(c3ccc4[nH]sc4c3)N2)C2CC1[C@@H](O)C2O. The van der Waals surface area contributed by atoms with E-state index in [2.05, 4.69) is 27.9 Å². The second-order valence-corrected chi connectivity index (χ2v) is 9.25. The molecule has 7 atom stereocenters. The minimum Gasteiger partial charge on any atom is -0.398 e. The molecule has 0 saturated heterocycles. The van der Waals surface area contributed by atoms with Gasteiger partial charge in [-0.25, -0.2) is 0 Å². The second kappa shape index (κ2) is 5.59. The molecule has 2 saturated carbocycles. The van der Waals surface area contributed by atoms with Crippen molar-refractivity contribution in [1.82, 2.24) is 4.37 Å². The van der Waals surface area contributed by atoms with Crippen molar-refractivity contribution in [2.75, 3.05) is 11.1 Å². The smallest absolute Gasteiger partial charge is 0.0836 e. The van der Waals surface area contributed by atoms with Crippen molar-refractivity contribution in [2.45, 2.75) is 30.6 Å². The van der Waals surface area contributed by atoms with Gasteiger partial charge in [-0.05, 0) is 65.5 Å². The number of nitrogens with one attached hydrogen (secondary N) is 3. The van der Waals surface area contributed by atoms with Crippen LogP contribution in [-0.4, -0.2) is 33.0 Å². The van der Waals surface area contributed by atoms with Crippen molar-refractivity contribution >= 4 is 39.3 Å². The lowest BCUT2D eigenvalue weighted by Crippen LogP contribution is -2.46. The van der Waals surface area contributed by atoms with Crippen molar-refractivity contribution in [1.29, 1.82) is 5.41 Å². The number of aliphatic hydroxyl groups excluding tert-OH is 2. The van der Waals surface area contributed by atoms with Crippen LogP contribution in [0.1, 0.15) is 35.1 Å². The maximum Gasteiger partial charge on any atom is 0.0836 e. The maximum atomic E-state index is 10.7. The van der Waals surface area contributed by atoms with E-state index in [9.17, 15) is 10.2 Å². The first-order valence-electron chi connectivity index (χ1n) is 9.71. The van der Waals surface area contributed by atoms with Crippen LogP contribution < -0.4 is 11.1 Å². The van der Waals surface area contributed by atoms with Crippen LogP contribution in [0.15, 0.2) is 30.3 Å². The molecule has 3 aromatic rings. The van der Waals surface area contributed by atoms with E-state index in [1.165, 1.54) is 16.5 Å². The highest BCUT2D eigenvalue weighted by atomic mass is 32.1. The second-order valence-electron chi connectivity index (χ2n) is 8.40. The Kier molecular flexibility index (Phi) is 3.31. The molecule has 6 unspecified atom stereocenters. The molecule has 7 heteroatoms. The molecule has 6 rings (SSSR count). The fourth-order valence-electron chi connectivity index (χ4n) is 6.09. The Bertz CT molecular complexity index is 1110. The highest BCUT2D eigenvalue weighted by molar-refractivity contribution is 7.15. The molecule has 2 fully saturated rings. The molecule has 7 N–H and O–H groups in total. The Labute approximate surface area is 166 Å². The Morgan fingerprint density at radius 1 is 1.14 bits per heavy atom. The third kappa shape index (κ3) is 1.96. The Morgan fingerprint density at radius 3 is 2.68 bits per heavy atom. The zero-order valence-electron chi connectivity index (χ0n) is 15.1. The van der Waals surface area contributed by atoms with Gasteiger partial charge >= 0.3 is 0 Å². The largest absolute Gasteiger partial charge is 0.398 e. The molecule has 3 aliphatic rings. The van der Waals surface area contributed by atoms with Gasteiger partial charge < -0.3 is 31.0 Å². The van der Waals surface area contributed by atoms with E-state index in [4.69, 9.17) is 11.1 Å². The van der Waals surface area contributed by atoms with Gasteiger partial charge in [0, 0.05) is 23.2 Å². The zero-order chi connectivity index (χ0) is 19.2. The predicted molar refractivity (Wildman–Crippen MR) is 111 cm³/mol. The van der Waals surface area contributed by atoms with E-state index >= 15 is 0 Å². The molecule has 1 aliphatic heterocycles. The summed E-state index contributed by atoms with van der Waals surface area (Å²) in [5.41, 5.74) is 11.9. The minimum atomic E-state index is -0.713. The lowest BCUT2D eigenvalue weighted by atomic mass is 9.65. The first-order chi connectivity index (χ1) is 13.6. The van der Waals surface area contributed by atoms with Gasteiger partial charge in [0.25, 0.3) is 0 Å². The Hall–Kier alpha value is -2.35. The van der Waals surface area contributed by atoms with Crippen molar-refractivity contribution in [3.05, 3.63) is 47.0 Å². The van der Waals surface area contributed by atoms with Crippen molar-refractivity contribution in [3.8, 4) is 0 Å². The minimum absolute atomic E-state index is 0.00320. The van der Waals surface area contributed by atoms with Crippen molar-refractivity contribution in [3.63, 3.8) is 0 Å². The number of benzene rings is 2. The average molecular weight is 395 g/mol. The van der Waals surface area contributed by atoms with Gasteiger partial charge in [0.15, 0.2) is 0 Å². The molecule has 2 heterocycles. The van der Waals surface area contributed by atoms with Crippen LogP contribution in [0.5, 0.6) is 0 Å². The number of anilines is 2. The molecule has 2 aliphatic carbocycles. The number of hydrogen-bond donors (Lipinski definition) is 6. The van der Waals surface area contributed by atoms with Crippen LogP contribution in [-0.2, 0) is 0 Å². The van der Waals surface area contributed by atoms with Crippen LogP contribution in [0.25, 0.3) is 10.2 Å². The van der Waals surface area contributed by atoms with Crippen LogP contribution in [0.2, 0.25) is 0 Å². The summed E-state index contributed by atoms with van der Waals surface area (Å²) in [5, 5.41) is 32.9. The molecule has 2 bridgehead atoms. The quantitative estimate of drug-likeness (QED) is 0.296. The average Bonchev–Trinajstić information content (AvgIpc) is 3.20. The fraction of sp³-hybridized carbons (Fsp3) is 0.381. The standard InChI is InChI=1S/C21H22N4O2S/c22-7-11-12(23)2-4-14-16(11)17-9-6-10(21(27)20(9)26)18(17)19(24-14)8-1-3-13-15(5-8)28-25-13/h1-5,7,9-10,17-22,24-27H,6,23H2/t9?,10?,17?,18?,19?,20-,21?/m1/s1. The molecule has 0 spiro atoms. The lowest BCUT2D eigenvalue weighted by molar-refractivity contribution is -0.0467. The molecule has 0 radical (unpaired) electrons. The van der Waals surface area contributed by atoms with Gasteiger partial charge in [0.05, 0.1) is 28.5 Å². The normalized spacial score (nSPS) is 35.6. The fourth-order valence-corrected chi connectivity index (χ4v) is 6.76. The van der Waals surface area contributed by atoms with Gasteiger partial charge in [-0.2, -0.15) is 0 Å². The number of H-pyrrole nitrogens is 1. The van der Waals surface area contributed by atoms with Gasteiger partial charge in [-0.15, -0.1) is 0 Å². The molecule has 144 valence electrons. The van der Waals surface area contributed by atoms with Gasteiger partial charge in [-0.3, -0.25) is 0 Å². The van der Waals surface area contributed by atoms with Gasteiger partial charge in [0.2, 0.25) is 0 Å². The third-order valence-electron chi connectivity index (χ3n) is 7.27. The van der Waals surface area contributed by atoms with Crippen LogP contribution in [0.3, 0.4) is 0 Å². The summed E-state index contributed by atoms with van der Waals surface area (Å²) in [7, 11) is 0. The van der Waals surface area contributed by atoms with E-state index in [-0.39, 0.29) is 29.7 Å². The summed E-state index contributed by atoms with van der Waals surface area (Å²) >= 11 is 1.63. The summed E-state index contributed by atoms with van der Waals surface area (Å²) in [6.07, 6.45) is 0.733. The highest BCUT2D eigenvalue weighted by Crippen LogP contribution is 2.64. The van der Waals surface area contributed by atoms with E-state index < -0.39 is 12.2 Å². The number of aromatic nitrogens is 1. The molecule has 1 aromatic heterocycles. The van der Waals surface area contributed by atoms with E-state index in [0.717, 1.165) is 28.8 Å². The number of aliphatic hydroxyl groups is 2. The molecular weight excluding hydrogens is 372 g/mol. The van der Waals surface area contributed by atoms with Crippen LogP contribution in [0.4, 0.5) is 11.4 Å². The number of nitrogens with two attached hydrogens (primary N) is 1. The number of aromatic amines is 1. The third-order valence-corrected chi connectivity index (χ3v) is 8.15. The molecule has 0 amide bonds. The first-order valence-corrected chi connectivity index (χ1v) is 10.5. The molecule has 6 nitrogen and oxygen atoms in total. The van der Waals surface area contributed by atoms with E-state index in [1.807, 2.05) is 12.1 Å².